The van der Waals surface area contributed by atoms with Crippen LogP contribution in [0.25, 0.3) is 0 Å². The maximum Gasteiger partial charge on any atom is 0.337 e. The summed E-state index contributed by atoms with van der Waals surface area (Å²) in [7, 11) is -1.33. The fourth-order valence-electron chi connectivity index (χ4n) is 2.96. The standard InChI is InChI=1S/C19H21N3O7S2/c1-28-18(24)12-7-13(19(25)29-2)9-14(8-12)21-17(23)16-10-15(11-20-16)31(26,27)22-3-5-30-6-4-22/h7-11,20H,3-6H2,1-2H3,(H,21,23). The van der Waals surface area contributed by atoms with Crippen molar-refractivity contribution in [2.45, 2.75) is 4.90 Å². The number of rotatable bonds is 6. The van der Waals surface area contributed by atoms with Crippen molar-refractivity contribution in [3.05, 3.63) is 47.3 Å². The van der Waals surface area contributed by atoms with Gasteiger partial charge in [-0.3, -0.25) is 4.79 Å². The number of carbonyl (C=O) groups is 3. The number of sulfonamides is 1. The van der Waals surface area contributed by atoms with Gasteiger partial charge in [0.1, 0.15) is 10.6 Å². The van der Waals surface area contributed by atoms with Crippen LogP contribution in [0.15, 0.2) is 35.4 Å². The second kappa shape index (κ2) is 9.54. The molecule has 1 aromatic heterocycles. The summed E-state index contributed by atoms with van der Waals surface area (Å²) in [6, 6.07) is 5.20. The van der Waals surface area contributed by atoms with E-state index in [1.807, 2.05) is 0 Å². The zero-order chi connectivity index (χ0) is 22.6. The number of aromatic amines is 1. The average Bonchev–Trinajstić information content (AvgIpc) is 3.29. The summed E-state index contributed by atoms with van der Waals surface area (Å²) in [5, 5.41) is 2.54. The van der Waals surface area contributed by atoms with Crippen molar-refractivity contribution in [1.82, 2.24) is 9.29 Å². The Morgan fingerprint density at radius 2 is 1.58 bits per heavy atom. The molecule has 0 radical (unpaired) electrons. The predicted octanol–water partition coefficient (Wildman–Crippen LogP) is 1.58. The molecule has 1 saturated heterocycles. The molecule has 1 aromatic carbocycles. The smallest absolute Gasteiger partial charge is 0.337 e. The van der Waals surface area contributed by atoms with E-state index in [9.17, 15) is 22.8 Å². The van der Waals surface area contributed by atoms with Crippen LogP contribution in [-0.4, -0.2) is 74.4 Å². The SMILES string of the molecule is COC(=O)c1cc(NC(=O)c2cc(S(=O)(=O)N3CCSCC3)c[nH]2)cc(C(=O)OC)c1. The fourth-order valence-corrected chi connectivity index (χ4v) is 5.53. The van der Waals surface area contributed by atoms with Crippen LogP contribution in [0.5, 0.6) is 0 Å². The van der Waals surface area contributed by atoms with Gasteiger partial charge in [0.05, 0.1) is 25.3 Å². The fraction of sp³-hybridized carbons (Fsp3) is 0.316. The third-order valence-electron chi connectivity index (χ3n) is 4.54. The van der Waals surface area contributed by atoms with Gasteiger partial charge >= 0.3 is 11.9 Å². The number of aromatic nitrogens is 1. The van der Waals surface area contributed by atoms with Crippen LogP contribution in [0.3, 0.4) is 0 Å². The van der Waals surface area contributed by atoms with Gasteiger partial charge in [-0.25, -0.2) is 18.0 Å². The van der Waals surface area contributed by atoms with Gasteiger partial charge in [0.15, 0.2) is 0 Å². The Hall–Kier alpha value is -2.83. The molecule has 0 aliphatic carbocycles. The highest BCUT2D eigenvalue weighted by molar-refractivity contribution is 7.99. The number of methoxy groups -OCH3 is 2. The molecule has 10 nitrogen and oxygen atoms in total. The van der Waals surface area contributed by atoms with E-state index in [2.05, 4.69) is 19.8 Å². The van der Waals surface area contributed by atoms with Crippen molar-refractivity contribution >= 4 is 45.3 Å². The number of nitrogens with one attached hydrogen (secondary N) is 2. The van der Waals surface area contributed by atoms with Gasteiger partial charge < -0.3 is 19.8 Å². The molecule has 0 atom stereocenters. The van der Waals surface area contributed by atoms with E-state index in [-0.39, 0.29) is 27.4 Å². The summed E-state index contributed by atoms with van der Waals surface area (Å²) in [6.45, 7) is 0.826. The van der Waals surface area contributed by atoms with Crippen molar-refractivity contribution in [3.8, 4) is 0 Å². The first-order valence-electron chi connectivity index (χ1n) is 9.15. The van der Waals surface area contributed by atoms with Gasteiger partial charge in [-0.1, -0.05) is 0 Å². The number of nitrogens with zero attached hydrogens (tertiary/aromatic N) is 1. The lowest BCUT2D eigenvalue weighted by Gasteiger charge is -2.24. The van der Waals surface area contributed by atoms with Gasteiger partial charge in [-0.2, -0.15) is 16.1 Å². The average molecular weight is 468 g/mol. The minimum absolute atomic E-state index is 0.00745. The molecule has 2 aromatic rings. The molecule has 0 unspecified atom stereocenters. The van der Waals surface area contributed by atoms with Crippen LogP contribution in [0.2, 0.25) is 0 Å². The van der Waals surface area contributed by atoms with Gasteiger partial charge in [0.2, 0.25) is 10.0 Å². The molecule has 1 amide bonds. The molecule has 3 rings (SSSR count). The Balaban J connectivity index is 1.83. The third-order valence-corrected chi connectivity index (χ3v) is 7.36. The van der Waals surface area contributed by atoms with Crippen molar-refractivity contribution in [3.63, 3.8) is 0 Å². The number of amides is 1. The lowest BCUT2D eigenvalue weighted by Crippen LogP contribution is -2.37. The van der Waals surface area contributed by atoms with E-state index >= 15 is 0 Å². The molecule has 2 N–H and O–H groups in total. The number of benzene rings is 1. The first-order chi connectivity index (χ1) is 14.8. The highest BCUT2D eigenvalue weighted by Crippen LogP contribution is 2.22. The second-order valence-corrected chi connectivity index (χ2v) is 9.66. The van der Waals surface area contributed by atoms with E-state index in [0.717, 1.165) is 11.5 Å². The topological polar surface area (TPSA) is 135 Å². The predicted molar refractivity (Wildman–Crippen MR) is 114 cm³/mol. The van der Waals surface area contributed by atoms with Crippen LogP contribution in [0.4, 0.5) is 5.69 Å². The van der Waals surface area contributed by atoms with Crippen molar-refractivity contribution in [1.29, 1.82) is 0 Å². The van der Waals surface area contributed by atoms with Crippen molar-refractivity contribution in [2.24, 2.45) is 0 Å². The van der Waals surface area contributed by atoms with Crippen molar-refractivity contribution < 1.29 is 32.3 Å². The second-order valence-electron chi connectivity index (χ2n) is 6.50. The number of hydrogen-bond acceptors (Lipinski definition) is 8. The Labute approximate surface area is 183 Å². The highest BCUT2D eigenvalue weighted by atomic mass is 32.2. The zero-order valence-corrected chi connectivity index (χ0v) is 18.5. The van der Waals surface area contributed by atoms with Gasteiger partial charge in [-0.05, 0) is 24.3 Å². The van der Waals surface area contributed by atoms with Crippen LogP contribution in [0.1, 0.15) is 31.2 Å². The first-order valence-corrected chi connectivity index (χ1v) is 11.7. The molecule has 0 bridgehead atoms. The molecule has 0 saturated carbocycles. The van der Waals surface area contributed by atoms with Gasteiger partial charge in [0, 0.05) is 36.5 Å². The summed E-state index contributed by atoms with van der Waals surface area (Å²) in [5.41, 5.74) is 0.227. The number of ether oxygens (including phenoxy) is 2. The van der Waals surface area contributed by atoms with Crippen LogP contribution >= 0.6 is 11.8 Å². The Morgan fingerprint density at radius 1 is 1.00 bits per heavy atom. The van der Waals surface area contributed by atoms with Gasteiger partial charge in [0.25, 0.3) is 5.91 Å². The number of hydrogen-bond donors (Lipinski definition) is 2. The van der Waals surface area contributed by atoms with Crippen molar-refractivity contribution in [2.75, 3.05) is 44.1 Å². The molecule has 0 spiro atoms. The van der Waals surface area contributed by atoms with E-state index in [0.29, 0.717) is 13.1 Å². The zero-order valence-electron chi connectivity index (χ0n) is 16.8. The summed E-state index contributed by atoms with van der Waals surface area (Å²) in [6.07, 6.45) is 1.26. The molecule has 31 heavy (non-hydrogen) atoms. The summed E-state index contributed by atoms with van der Waals surface area (Å²) >= 11 is 1.69. The number of anilines is 1. The quantitative estimate of drug-likeness (QED) is 0.612. The highest BCUT2D eigenvalue weighted by Gasteiger charge is 2.28. The largest absolute Gasteiger partial charge is 0.465 e. The number of H-pyrrole nitrogens is 1. The third kappa shape index (κ3) is 5.09. The minimum atomic E-state index is -3.70. The van der Waals surface area contributed by atoms with Gasteiger partial charge in [-0.15, -0.1) is 0 Å². The molecule has 1 aliphatic rings. The molecule has 1 fully saturated rings. The van der Waals surface area contributed by atoms with Crippen LogP contribution < -0.4 is 5.32 Å². The number of carbonyl (C=O) groups excluding carboxylic acids is 3. The molecule has 166 valence electrons. The summed E-state index contributed by atoms with van der Waals surface area (Å²) in [5.74, 6) is -0.608. The molecule has 1 aliphatic heterocycles. The van der Waals surface area contributed by atoms with E-state index in [4.69, 9.17) is 0 Å². The van der Waals surface area contributed by atoms with E-state index in [1.165, 1.54) is 49.0 Å². The molecule has 2 heterocycles. The normalized spacial score (nSPS) is 14.6. The molecular weight excluding hydrogens is 446 g/mol. The lowest BCUT2D eigenvalue weighted by molar-refractivity contribution is 0.0598. The summed E-state index contributed by atoms with van der Waals surface area (Å²) < 4.78 is 36.2. The Kier molecular flexibility index (Phi) is 7.03. The van der Waals surface area contributed by atoms with E-state index < -0.39 is 27.9 Å². The monoisotopic (exact) mass is 467 g/mol. The summed E-state index contributed by atoms with van der Waals surface area (Å²) in [4.78, 5) is 39.1. The first kappa shape index (κ1) is 22.8. The minimum Gasteiger partial charge on any atom is -0.465 e. The molecular formula is C19H21N3O7S2. The maximum atomic E-state index is 12.7. The van der Waals surface area contributed by atoms with Crippen LogP contribution in [-0.2, 0) is 19.5 Å². The molecule has 12 heteroatoms. The Morgan fingerprint density at radius 3 is 2.13 bits per heavy atom. The lowest BCUT2D eigenvalue weighted by atomic mass is 10.1. The number of thioether (sulfide) groups is 1. The number of esters is 2. The Bertz CT molecular complexity index is 1070. The van der Waals surface area contributed by atoms with Crippen LogP contribution in [0, 0.1) is 0 Å². The maximum absolute atomic E-state index is 12.7. The van der Waals surface area contributed by atoms with E-state index in [1.54, 1.807) is 11.8 Å².